The summed E-state index contributed by atoms with van der Waals surface area (Å²) in [5, 5.41) is 4.25. The SMILES string of the molecule is Clc1ccc(Br)cc1CNc1cccc(N2CCCC2)c1. The quantitative estimate of drug-likeness (QED) is 0.789. The van der Waals surface area contributed by atoms with E-state index in [1.165, 1.54) is 31.6 Å². The molecule has 1 aliphatic heterocycles. The molecule has 21 heavy (non-hydrogen) atoms. The number of anilines is 2. The van der Waals surface area contributed by atoms with Crippen molar-refractivity contribution in [3.05, 3.63) is 57.5 Å². The fraction of sp³-hybridized carbons (Fsp3) is 0.294. The Hall–Kier alpha value is -1.19. The maximum Gasteiger partial charge on any atom is 0.0456 e. The highest BCUT2D eigenvalue weighted by atomic mass is 79.9. The van der Waals surface area contributed by atoms with Gasteiger partial charge in [0, 0.05) is 40.5 Å². The number of benzene rings is 2. The predicted molar refractivity (Wildman–Crippen MR) is 94.4 cm³/mol. The summed E-state index contributed by atoms with van der Waals surface area (Å²) in [6, 6.07) is 14.5. The van der Waals surface area contributed by atoms with Gasteiger partial charge in [0.15, 0.2) is 0 Å². The summed E-state index contributed by atoms with van der Waals surface area (Å²) < 4.78 is 1.05. The third kappa shape index (κ3) is 3.72. The van der Waals surface area contributed by atoms with Gasteiger partial charge in [-0.1, -0.05) is 33.6 Å². The number of rotatable bonds is 4. The van der Waals surface area contributed by atoms with Crippen LogP contribution in [-0.4, -0.2) is 13.1 Å². The number of halogens is 2. The lowest BCUT2D eigenvalue weighted by Crippen LogP contribution is -2.17. The molecule has 0 aliphatic carbocycles. The lowest BCUT2D eigenvalue weighted by Gasteiger charge is -2.18. The minimum atomic E-state index is 0.724. The Morgan fingerprint density at radius 1 is 1.10 bits per heavy atom. The maximum absolute atomic E-state index is 6.23. The topological polar surface area (TPSA) is 15.3 Å². The van der Waals surface area contributed by atoms with Gasteiger partial charge in [0.05, 0.1) is 0 Å². The van der Waals surface area contributed by atoms with Crippen LogP contribution < -0.4 is 10.2 Å². The second-order valence-corrected chi connectivity index (χ2v) is 6.66. The van der Waals surface area contributed by atoms with Crippen LogP contribution in [0, 0.1) is 0 Å². The van der Waals surface area contributed by atoms with E-state index in [-0.39, 0.29) is 0 Å². The lowest BCUT2D eigenvalue weighted by atomic mass is 10.2. The van der Waals surface area contributed by atoms with E-state index in [0.717, 1.165) is 27.3 Å². The van der Waals surface area contributed by atoms with Crippen LogP contribution in [0.15, 0.2) is 46.9 Å². The first-order chi connectivity index (χ1) is 10.2. The largest absolute Gasteiger partial charge is 0.381 e. The number of nitrogens with one attached hydrogen (secondary N) is 1. The van der Waals surface area contributed by atoms with Gasteiger partial charge < -0.3 is 10.2 Å². The monoisotopic (exact) mass is 364 g/mol. The van der Waals surface area contributed by atoms with Crippen molar-refractivity contribution in [2.45, 2.75) is 19.4 Å². The normalized spacial score (nSPS) is 14.5. The zero-order valence-corrected chi connectivity index (χ0v) is 14.1. The molecule has 0 saturated carbocycles. The van der Waals surface area contributed by atoms with Gasteiger partial charge >= 0.3 is 0 Å². The maximum atomic E-state index is 6.23. The Morgan fingerprint density at radius 2 is 1.90 bits per heavy atom. The minimum Gasteiger partial charge on any atom is -0.381 e. The van der Waals surface area contributed by atoms with Crippen LogP contribution in [0.1, 0.15) is 18.4 Å². The second-order valence-electron chi connectivity index (χ2n) is 5.33. The van der Waals surface area contributed by atoms with Gasteiger partial charge in [0.2, 0.25) is 0 Å². The highest BCUT2D eigenvalue weighted by Crippen LogP contribution is 2.25. The Bertz CT molecular complexity index is 624. The molecular formula is C17H18BrClN2. The third-order valence-corrected chi connectivity index (χ3v) is 4.67. The van der Waals surface area contributed by atoms with Crippen molar-refractivity contribution in [3.8, 4) is 0 Å². The number of hydrogen-bond donors (Lipinski definition) is 1. The fourth-order valence-electron chi connectivity index (χ4n) is 2.66. The summed E-state index contributed by atoms with van der Waals surface area (Å²) >= 11 is 9.71. The fourth-order valence-corrected chi connectivity index (χ4v) is 3.26. The summed E-state index contributed by atoms with van der Waals surface area (Å²) in [4.78, 5) is 2.44. The van der Waals surface area contributed by atoms with E-state index in [0.29, 0.717) is 0 Å². The van der Waals surface area contributed by atoms with Crippen LogP contribution >= 0.6 is 27.5 Å². The molecule has 0 atom stereocenters. The smallest absolute Gasteiger partial charge is 0.0456 e. The molecular weight excluding hydrogens is 348 g/mol. The predicted octanol–water partition coefficient (Wildman–Crippen LogP) is 5.31. The van der Waals surface area contributed by atoms with Crippen molar-refractivity contribution in [1.82, 2.24) is 0 Å². The van der Waals surface area contributed by atoms with Crippen molar-refractivity contribution < 1.29 is 0 Å². The van der Waals surface area contributed by atoms with E-state index < -0.39 is 0 Å². The molecule has 0 radical (unpaired) electrons. The zero-order valence-electron chi connectivity index (χ0n) is 11.8. The van der Waals surface area contributed by atoms with Gasteiger partial charge in [-0.05, 0) is 54.8 Å². The molecule has 1 saturated heterocycles. The number of nitrogens with zero attached hydrogens (tertiary/aromatic N) is 1. The highest BCUT2D eigenvalue weighted by molar-refractivity contribution is 9.10. The van der Waals surface area contributed by atoms with Crippen LogP contribution in [0.5, 0.6) is 0 Å². The molecule has 2 aromatic rings. The lowest BCUT2D eigenvalue weighted by molar-refractivity contribution is 0.949. The first kappa shape index (κ1) is 14.7. The molecule has 1 heterocycles. The summed E-state index contributed by atoms with van der Waals surface area (Å²) in [7, 11) is 0. The highest BCUT2D eigenvalue weighted by Gasteiger charge is 2.12. The van der Waals surface area contributed by atoms with Gasteiger partial charge in [-0.3, -0.25) is 0 Å². The molecule has 1 fully saturated rings. The molecule has 1 aliphatic rings. The zero-order chi connectivity index (χ0) is 14.7. The van der Waals surface area contributed by atoms with E-state index in [2.05, 4.69) is 56.5 Å². The van der Waals surface area contributed by atoms with Crippen LogP contribution in [0.4, 0.5) is 11.4 Å². The van der Waals surface area contributed by atoms with Gasteiger partial charge in [-0.2, -0.15) is 0 Å². The molecule has 0 bridgehead atoms. The molecule has 2 nitrogen and oxygen atoms in total. The van der Waals surface area contributed by atoms with E-state index >= 15 is 0 Å². The Morgan fingerprint density at radius 3 is 2.71 bits per heavy atom. The Balaban J connectivity index is 1.70. The molecule has 2 aromatic carbocycles. The van der Waals surface area contributed by atoms with Crippen LogP contribution in [0.3, 0.4) is 0 Å². The molecule has 0 spiro atoms. The second kappa shape index (κ2) is 6.71. The summed E-state index contributed by atoms with van der Waals surface area (Å²) in [5.41, 5.74) is 3.53. The molecule has 110 valence electrons. The van der Waals surface area contributed by atoms with Crippen LogP contribution in [0.2, 0.25) is 5.02 Å². The summed E-state index contributed by atoms with van der Waals surface area (Å²) in [6.45, 7) is 3.06. The molecule has 0 aromatic heterocycles. The van der Waals surface area contributed by atoms with Gasteiger partial charge in [0.1, 0.15) is 0 Å². The van der Waals surface area contributed by atoms with E-state index in [9.17, 15) is 0 Å². The molecule has 4 heteroatoms. The Kier molecular flexibility index (Phi) is 4.71. The van der Waals surface area contributed by atoms with Gasteiger partial charge in [-0.15, -0.1) is 0 Å². The number of hydrogen-bond acceptors (Lipinski definition) is 2. The van der Waals surface area contributed by atoms with Crippen molar-refractivity contribution in [1.29, 1.82) is 0 Å². The van der Waals surface area contributed by atoms with Gasteiger partial charge in [0.25, 0.3) is 0 Å². The van der Waals surface area contributed by atoms with Crippen LogP contribution in [0.25, 0.3) is 0 Å². The van der Waals surface area contributed by atoms with Crippen molar-refractivity contribution in [2.24, 2.45) is 0 Å². The van der Waals surface area contributed by atoms with E-state index in [1.807, 2.05) is 12.1 Å². The van der Waals surface area contributed by atoms with E-state index in [4.69, 9.17) is 11.6 Å². The van der Waals surface area contributed by atoms with Crippen LogP contribution in [-0.2, 0) is 6.54 Å². The average Bonchev–Trinajstić information content (AvgIpc) is 3.03. The first-order valence-corrected chi connectivity index (χ1v) is 8.42. The average molecular weight is 366 g/mol. The van der Waals surface area contributed by atoms with E-state index in [1.54, 1.807) is 0 Å². The molecule has 1 N–H and O–H groups in total. The van der Waals surface area contributed by atoms with Crippen molar-refractivity contribution in [2.75, 3.05) is 23.3 Å². The third-order valence-electron chi connectivity index (χ3n) is 3.81. The molecule has 3 rings (SSSR count). The molecule has 0 unspecified atom stereocenters. The standard InChI is InChI=1S/C17H18BrClN2/c18-14-6-7-17(19)13(10-14)12-20-15-4-3-5-16(11-15)21-8-1-2-9-21/h3-7,10-11,20H,1-2,8-9,12H2. The summed E-state index contributed by atoms with van der Waals surface area (Å²) in [6.07, 6.45) is 2.59. The van der Waals surface area contributed by atoms with Crippen molar-refractivity contribution in [3.63, 3.8) is 0 Å². The van der Waals surface area contributed by atoms with Gasteiger partial charge in [-0.25, -0.2) is 0 Å². The summed E-state index contributed by atoms with van der Waals surface area (Å²) in [5.74, 6) is 0. The molecule has 0 amide bonds. The first-order valence-electron chi connectivity index (χ1n) is 7.25. The minimum absolute atomic E-state index is 0.724. The van der Waals surface area contributed by atoms with Crippen molar-refractivity contribution >= 4 is 38.9 Å². The Labute approximate surface area is 139 Å².